The highest BCUT2D eigenvalue weighted by molar-refractivity contribution is 5.76. The molecule has 0 aromatic heterocycles. The molecule has 0 spiro atoms. The third-order valence-electron chi connectivity index (χ3n) is 7.71. The molecule has 3 atom stereocenters. The Morgan fingerprint density at radius 3 is 2.63 bits per heavy atom. The first-order valence-corrected chi connectivity index (χ1v) is 11.1. The van der Waals surface area contributed by atoms with E-state index in [2.05, 4.69) is 42.2 Å². The Labute approximate surface area is 164 Å². The SMILES string of the molecule is C[C@@]12CCC[C@@](c3ccccc3)(CC(CCC(=O)N3CCC(N)CC3)C1)C2. The van der Waals surface area contributed by atoms with Crippen molar-refractivity contribution in [1.82, 2.24) is 4.90 Å². The second kappa shape index (κ2) is 7.58. The van der Waals surface area contributed by atoms with Gasteiger partial charge in [-0.1, -0.05) is 43.7 Å². The smallest absolute Gasteiger partial charge is 0.222 e. The lowest BCUT2D eigenvalue weighted by molar-refractivity contribution is -0.132. The van der Waals surface area contributed by atoms with Crippen LogP contribution in [-0.2, 0) is 10.2 Å². The van der Waals surface area contributed by atoms with Crippen LogP contribution in [0.1, 0.15) is 76.7 Å². The number of rotatable bonds is 4. The average Bonchev–Trinajstić information content (AvgIpc) is 2.66. The van der Waals surface area contributed by atoms with Gasteiger partial charge in [-0.15, -0.1) is 0 Å². The third-order valence-corrected chi connectivity index (χ3v) is 7.71. The van der Waals surface area contributed by atoms with Gasteiger partial charge in [0, 0.05) is 25.6 Å². The Kier molecular flexibility index (Phi) is 5.33. The zero-order valence-electron chi connectivity index (χ0n) is 17.0. The van der Waals surface area contributed by atoms with Crippen molar-refractivity contribution in [3.63, 3.8) is 0 Å². The van der Waals surface area contributed by atoms with Crippen LogP contribution < -0.4 is 5.73 Å². The summed E-state index contributed by atoms with van der Waals surface area (Å²) in [7, 11) is 0. The summed E-state index contributed by atoms with van der Waals surface area (Å²) in [5, 5.41) is 0. The number of carbonyl (C=O) groups is 1. The molecule has 3 heteroatoms. The fourth-order valence-corrected chi connectivity index (χ4v) is 6.51. The molecule has 2 saturated carbocycles. The van der Waals surface area contributed by atoms with E-state index in [1.807, 2.05) is 0 Å². The number of benzene rings is 1. The minimum absolute atomic E-state index is 0.289. The summed E-state index contributed by atoms with van der Waals surface area (Å²) in [6, 6.07) is 11.5. The van der Waals surface area contributed by atoms with Gasteiger partial charge in [-0.05, 0) is 73.7 Å². The van der Waals surface area contributed by atoms with Crippen LogP contribution in [0.4, 0.5) is 0 Å². The number of carbonyl (C=O) groups excluding carboxylic acids is 1. The summed E-state index contributed by atoms with van der Waals surface area (Å²) in [6.07, 6.45) is 11.6. The Hall–Kier alpha value is -1.35. The van der Waals surface area contributed by atoms with Crippen molar-refractivity contribution in [3.8, 4) is 0 Å². The molecule has 27 heavy (non-hydrogen) atoms. The molecule has 1 aromatic carbocycles. The fraction of sp³-hybridized carbons (Fsp3) is 0.708. The molecule has 3 fully saturated rings. The van der Waals surface area contributed by atoms with Gasteiger partial charge in [-0.25, -0.2) is 0 Å². The van der Waals surface area contributed by atoms with Crippen molar-refractivity contribution in [3.05, 3.63) is 35.9 Å². The number of piperidine rings is 1. The van der Waals surface area contributed by atoms with Gasteiger partial charge in [-0.3, -0.25) is 4.79 Å². The van der Waals surface area contributed by atoms with E-state index in [9.17, 15) is 4.79 Å². The first-order valence-electron chi connectivity index (χ1n) is 11.1. The Bertz CT molecular complexity index is 652. The van der Waals surface area contributed by atoms with E-state index in [0.29, 0.717) is 22.7 Å². The average molecular weight is 369 g/mol. The van der Waals surface area contributed by atoms with Gasteiger partial charge < -0.3 is 10.6 Å². The first kappa shape index (κ1) is 19.0. The van der Waals surface area contributed by atoms with Gasteiger partial charge in [0.15, 0.2) is 0 Å². The van der Waals surface area contributed by atoms with Gasteiger partial charge in [-0.2, -0.15) is 0 Å². The van der Waals surface area contributed by atoms with E-state index < -0.39 is 0 Å². The Morgan fingerprint density at radius 1 is 1.15 bits per heavy atom. The van der Waals surface area contributed by atoms with Gasteiger partial charge in [0.25, 0.3) is 0 Å². The highest BCUT2D eigenvalue weighted by Gasteiger charge is 2.49. The maximum Gasteiger partial charge on any atom is 0.222 e. The largest absolute Gasteiger partial charge is 0.343 e. The summed E-state index contributed by atoms with van der Waals surface area (Å²) in [5.41, 5.74) is 8.33. The summed E-state index contributed by atoms with van der Waals surface area (Å²) < 4.78 is 0. The molecule has 1 aliphatic heterocycles. The summed E-state index contributed by atoms with van der Waals surface area (Å²) in [6.45, 7) is 4.22. The zero-order chi connectivity index (χ0) is 18.9. The third kappa shape index (κ3) is 4.08. The molecule has 3 aliphatic rings. The summed E-state index contributed by atoms with van der Waals surface area (Å²) in [4.78, 5) is 14.8. The molecule has 1 amide bonds. The molecular formula is C24H36N2O. The maximum absolute atomic E-state index is 12.7. The van der Waals surface area contributed by atoms with Gasteiger partial charge >= 0.3 is 0 Å². The van der Waals surface area contributed by atoms with E-state index in [1.54, 1.807) is 0 Å². The van der Waals surface area contributed by atoms with Crippen LogP contribution in [0, 0.1) is 11.3 Å². The van der Waals surface area contributed by atoms with E-state index in [1.165, 1.54) is 44.1 Å². The van der Waals surface area contributed by atoms with Crippen LogP contribution in [0.15, 0.2) is 30.3 Å². The van der Waals surface area contributed by atoms with Gasteiger partial charge in [0.2, 0.25) is 5.91 Å². The molecule has 2 N–H and O–H groups in total. The Balaban J connectivity index is 1.42. The van der Waals surface area contributed by atoms with Crippen molar-refractivity contribution in [1.29, 1.82) is 0 Å². The van der Waals surface area contributed by atoms with Gasteiger partial charge in [0.05, 0.1) is 0 Å². The number of nitrogens with zero attached hydrogens (tertiary/aromatic N) is 1. The van der Waals surface area contributed by atoms with Crippen LogP contribution in [0.5, 0.6) is 0 Å². The molecule has 0 radical (unpaired) electrons. The van der Waals surface area contributed by atoms with Crippen molar-refractivity contribution in [2.75, 3.05) is 13.1 Å². The molecule has 148 valence electrons. The number of likely N-dealkylation sites (tertiary alicyclic amines) is 1. The lowest BCUT2D eigenvalue weighted by Gasteiger charge is -2.54. The van der Waals surface area contributed by atoms with Crippen molar-refractivity contribution >= 4 is 5.91 Å². The minimum Gasteiger partial charge on any atom is -0.343 e. The van der Waals surface area contributed by atoms with Gasteiger partial charge in [0.1, 0.15) is 0 Å². The number of amides is 1. The van der Waals surface area contributed by atoms with Crippen molar-refractivity contribution in [2.24, 2.45) is 17.1 Å². The van der Waals surface area contributed by atoms with Crippen LogP contribution in [0.25, 0.3) is 0 Å². The summed E-state index contributed by atoms with van der Waals surface area (Å²) in [5.74, 6) is 1.04. The normalized spacial score (nSPS) is 34.4. The molecule has 1 unspecified atom stereocenters. The van der Waals surface area contributed by atoms with Crippen molar-refractivity contribution < 1.29 is 4.79 Å². The summed E-state index contributed by atoms with van der Waals surface area (Å²) >= 11 is 0. The van der Waals surface area contributed by atoms with E-state index in [-0.39, 0.29) is 6.04 Å². The molecule has 4 rings (SSSR count). The second-order valence-corrected chi connectivity index (χ2v) is 10.0. The number of fused-ring (bicyclic) bond motifs is 2. The zero-order valence-corrected chi connectivity index (χ0v) is 17.0. The second-order valence-electron chi connectivity index (χ2n) is 10.0. The number of hydrogen-bond acceptors (Lipinski definition) is 2. The fourth-order valence-electron chi connectivity index (χ4n) is 6.51. The van der Waals surface area contributed by atoms with Crippen LogP contribution >= 0.6 is 0 Å². The van der Waals surface area contributed by atoms with E-state index in [4.69, 9.17) is 5.73 Å². The molecule has 1 saturated heterocycles. The lowest BCUT2D eigenvalue weighted by atomic mass is 9.50. The topological polar surface area (TPSA) is 46.3 Å². The Morgan fingerprint density at radius 2 is 1.89 bits per heavy atom. The highest BCUT2D eigenvalue weighted by Crippen LogP contribution is 2.58. The minimum atomic E-state index is 0.289. The lowest BCUT2D eigenvalue weighted by Crippen LogP contribution is -2.46. The first-order chi connectivity index (χ1) is 13.0. The molecule has 1 aromatic rings. The molecular weight excluding hydrogens is 332 g/mol. The van der Waals surface area contributed by atoms with E-state index >= 15 is 0 Å². The monoisotopic (exact) mass is 368 g/mol. The van der Waals surface area contributed by atoms with Crippen molar-refractivity contribution in [2.45, 2.75) is 82.6 Å². The quantitative estimate of drug-likeness (QED) is 0.841. The molecule has 1 heterocycles. The standard InChI is InChI=1S/C24H36N2O/c1-23-12-5-13-24(18-23,20-6-3-2-4-7-20)17-19(16-23)8-9-22(27)26-14-10-21(25)11-15-26/h2-4,6-7,19,21H,5,8-18,25H2,1H3/t19?,23-,24-/m1/s1. The molecule has 3 nitrogen and oxygen atoms in total. The highest BCUT2D eigenvalue weighted by atomic mass is 16.2. The van der Waals surface area contributed by atoms with Crippen LogP contribution in [0.2, 0.25) is 0 Å². The van der Waals surface area contributed by atoms with E-state index in [0.717, 1.165) is 38.8 Å². The number of hydrogen-bond donors (Lipinski definition) is 1. The molecule has 2 aliphatic carbocycles. The number of nitrogens with two attached hydrogens (primary N) is 1. The van der Waals surface area contributed by atoms with Crippen LogP contribution in [0.3, 0.4) is 0 Å². The molecule has 2 bridgehead atoms. The van der Waals surface area contributed by atoms with Crippen LogP contribution in [-0.4, -0.2) is 29.9 Å². The maximum atomic E-state index is 12.7. The predicted molar refractivity (Wildman–Crippen MR) is 110 cm³/mol. The predicted octanol–water partition coefficient (Wildman–Crippen LogP) is 4.64.